The molecule has 0 saturated carbocycles. The van der Waals surface area contributed by atoms with Crippen LogP contribution < -0.4 is 5.32 Å². The highest BCUT2D eigenvalue weighted by Crippen LogP contribution is 2.16. The van der Waals surface area contributed by atoms with E-state index in [4.69, 9.17) is 0 Å². The molecule has 1 aromatic heterocycles. The van der Waals surface area contributed by atoms with Crippen molar-refractivity contribution in [2.24, 2.45) is 7.05 Å². The molecule has 4 nitrogen and oxygen atoms in total. The minimum Gasteiger partial charge on any atom is -0.305 e. The number of hydrogen-bond acceptors (Lipinski definition) is 3. The lowest BCUT2D eigenvalue weighted by Gasteiger charge is -2.14. The summed E-state index contributed by atoms with van der Waals surface area (Å²) in [6.07, 6.45) is 1.78. The van der Waals surface area contributed by atoms with Crippen LogP contribution in [0.3, 0.4) is 0 Å². The van der Waals surface area contributed by atoms with Gasteiger partial charge < -0.3 is 5.32 Å². The molecule has 0 aliphatic carbocycles. The molecule has 0 radical (unpaired) electrons. The van der Waals surface area contributed by atoms with E-state index in [-0.39, 0.29) is 0 Å². The molecule has 1 N–H and O–H groups in total. The van der Waals surface area contributed by atoms with Gasteiger partial charge in [0, 0.05) is 24.1 Å². The van der Waals surface area contributed by atoms with Gasteiger partial charge in [-0.1, -0.05) is 33.3 Å². The van der Waals surface area contributed by atoms with Gasteiger partial charge in [-0.05, 0) is 24.6 Å². The number of benzene rings is 1. The predicted molar refractivity (Wildman–Crippen MR) is 70.4 cm³/mol. The summed E-state index contributed by atoms with van der Waals surface area (Å²) in [5.74, 6) is 0. The quantitative estimate of drug-likeness (QED) is 0.942. The second-order valence-electron chi connectivity index (χ2n) is 4.00. The first-order chi connectivity index (χ1) is 8.16. The monoisotopic (exact) mass is 294 g/mol. The lowest BCUT2D eigenvalue weighted by Crippen LogP contribution is -2.19. The second kappa shape index (κ2) is 5.42. The van der Waals surface area contributed by atoms with Gasteiger partial charge in [0.2, 0.25) is 0 Å². The first-order valence-electron chi connectivity index (χ1n) is 5.49. The van der Waals surface area contributed by atoms with Gasteiger partial charge in [0.25, 0.3) is 0 Å². The van der Waals surface area contributed by atoms with E-state index in [1.807, 2.05) is 7.05 Å². The van der Waals surface area contributed by atoms with Gasteiger partial charge in [-0.15, -0.1) is 5.10 Å². The van der Waals surface area contributed by atoms with E-state index in [0.717, 1.165) is 16.7 Å². The standard InChI is InChI=1S/C12H15BrN4/c1-9(10-3-5-11(13)6-4-10)14-7-12-8-15-16-17(12)2/h3-6,8-9,14H,7H2,1-2H3/t9-/m1/s1. The van der Waals surface area contributed by atoms with E-state index in [0.29, 0.717) is 6.04 Å². The Morgan fingerprint density at radius 2 is 2.06 bits per heavy atom. The number of rotatable bonds is 4. The molecule has 0 aliphatic heterocycles. The highest BCUT2D eigenvalue weighted by Gasteiger charge is 2.06. The molecule has 0 aliphatic rings. The van der Waals surface area contributed by atoms with Crippen LogP contribution in [0, 0.1) is 0 Å². The Labute approximate surface area is 109 Å². The summed E-state index contributed by atoms with van der Waals surface area (Å²) in [4.78, 5) is 0. The topological polar surface area (TPSA) is 42.7 Å². The molecular formula is C12H15BrN4. The molecule has 0 amide bonds. The Hall–Kier alpha value is -1.20. The molecular weight excluding hydrogens is 280 g/mol. The summed E-state index contributed by atoms with van der Waals surface area (Å²) in [5.41, 5.74) is 2.34. The number of halogens is 1. The van der Waals surface area contributed by atoms with Crippen LogP contribution in [-0.4, -0.2) is 15.0 Å². The molecule has 90 valence electrons. The van der Waals surface area contributed by atoms with E-state index < -0.39 is 0 Å². The Balaban J connectivity index is 1.95. The van der Waals surface area contributed by atoms with Crippen molar-refractivity contribution >= 4 is 15.9 Å². The molecule has 1 aromatic carbocycles. The van der Waals surface area contributed by atoms with Gasteiger partial charge in [0.05, 0.1) is 11.9 Å². The first-order valence-corrected chi connectivity index (χ1v) is 6.28. The van der Waals surface area contributed by atoms with Crippen LogP contribution in [0.25, 0.3) is 0 Å². The summed E-state index contributed by atoms with van der Waals surface area (Å²) in [6, 6.07) is 8.64. The average Bonchev–Trinajstić information content (AvgIpc) is 2.73. The Morgan fingerprint density at radius 3 is 2.65 bits per heavy atom. The third-order valence-electron chi connectivity index (χ3n) is 2.77. The minimum atomic E-state index is 0.304. The van der Waals surface area contributed by atoms with Crippen molar-refractivity contribution in [1.82, 2.24) is 20.3 Å². The van der Waals surface area contributed by atoms with E-state index in [2.05, 4.69) is 62.7 Å². The Bertz CT molecular complexity index is 478. The van der Waals surface area contributed by atoms with Gasteiger partial charge in [0.1, 0.15) is 0 Å². The van der Waals surface area contributed by atoms with Crippen molar-refractivity contribution in [2.45, 2.75) is 19.5 Å². The van der Waals surface area contributed by atoms with E-state index in [1.165, 1.54) is 5.56 Å². The lowest BCUT2D eigenvalue weighted by molar-refractivity contribution is 0.546. The predicted octanol–water partition coefficient (Wildman–Crippen LogP) is 2.43. The van der Waals surface area contributed by atoms with E-state index >= 15 is 0 Å². The number of nitrogens with one attached hydrogen (secondary N) is 1. The zero-order valence-electron chi connectivity index (χ0n) is 9.89. The minimum absolute atomic E-state index is 0.304. The lowest BCUT2D eigenvalue weighted by atomic mass is 10.1. The van der Waals surface area contributed by atoms with Crippen molar-refractivity contribution in [3.05, 3.63) is 46.2 Å². The zero-order valence-corrected chi connectivity index (χ0v) is 11.5. The number of aryl methyl sites for hydroxylation is 1. The smallest absolute Gasteiger partial charge is 0.0738 e. The maximum Gasteiger partial charge on any atom is 0.0738 e. The summed E-state index contributed by atoms with van der Waals surface area (Å²) in [6.45, 7) is 2.91. The summed E-state index contributed by atoms with van der Waals surface area (Å²) >= 11 is 3.43. The van der Waals surface area contributed by atoms with E-state index in [1.54, 1.807) is 10.9 Å². The van der Waals surface area contributed by atoms with Crippen LogP contribution in [0.15, 0.2) is 34.9 Å². The van der Waals surface area contributed by atoms with Crippen LogP contribution in [0.1, 0.15) is 24.2 Å². The summed E-state index contributed by atoms with van der Waals surface area (Å²) < 4.78 is 2.88. The van der Waals surface area contributed by atoms with Crippen molar-refractivity contribution in [3.8, 4) is 0 Å². The summed E-state index contributed by atoms with van der Waals surface area (Å²) in [5, 5.41) is 11.2. The van der Waals surface area contributed by atoms with Crippen molar-refractivity contribution in [2.75, 3.05) is 0 Å². The molecule has 0 bridgehead atoms. The normalized spacial score (nSPS) is 12.6. The number of hydrogen-bond donors (Lipinski definition) is 1. The molecule has 0 fully saturated rings. The van der Waals surface area contributed by atoms with Crippen LogP contribution in [-0.2, 0) is 13.6 Å². The molecule has 0 saturated heterocycles. The highest BCUT2D eigenvalue weighted by molar-refractivity contribution is 9.10. The Morgan fingerprint density at radius 1 is 1.35 bits per heavy atom. The molecule has 17 heavy (non-hydrogen) atoms. The highest BCUT2D eigenvalue weighted by atomic mass is 79.9. The first kappa shape index (κ1) is 12.3. The third-order valence-corrected chi connectivity index (χ3v) is 3.30. The van der Waals surface area contributed by atoms with Crippen molar-refractivity contribution in [3.63, 3.8) is 0 Å². The fourth-order valence-electron chi connectivity index (χ4n) is 1.60. The third kappa shape index (κ3) is 3.14. The molecule has 2 rings (SSSR count). The maximum absolute atomic E-state index is 3.90. The molecule has 5 heteroatoms. The molecule has 1 heterocycles. The van der Waals surface area contributed by atoms with Crippen molar-refractivity contribution < 1.29 is 0 Å². The van der Waals surface area contributed by atoms with Gasteiger partial charge in [-0.2, -0.15) is 0 Å². The molecule has 0 spiro atoms. The van der Waals surface area contributed by atoms with E-state index in [9.17, 15) is 0 Å². The van der Waals surface area contributed by atoms with Gasteiger partial charge >= 0.3 is 0 Å². The van der Waals surface area contributed by atoms with Gasteiger partial charge in [-0.25, -0.2) is 0 Å². The van der Waals surface area contributed by atoms with Crippen LogP contribution in [0.2, 0.25) is 0 Å². The fourth-order valence-corrected chi connectivity index (χ4v) is 1.86. The van der Waals surface area contributed by atoms with Gasteiger partial charge in [0.15, 0.2) is 0 Å². The van der Waals surface area contributed by atoms with Gasteiger partial charge in [-0.3, -0.25) is 4.68 Å². The zero-order chi connectivity index (χ0) is 12.3. The maximum atomic E-state index is 3.90. The Kier molecular flexibility index (Phi) is 3.91. The number of nitrogens with zero attached hydrogens (tertiary/aromatic N) is 3. The fraction of sp³-hybridized carbons (Fsp3) is 0.333. The van der Waals surface area contributed by atoms with Crippen LogP contribution in [0.5, 0.6) is 0 Å². The summed E-state index contributed by atoms with van der Waals surface area (Å²) in [7, 11) is 1.90. The molecule has 2 aromatic rings. The largest absolute Gasteiger partial charge is 0.305 e. The second-order valence-corrected chi connectivity index (χ2v) is 4.92. The molecule has 1 atom stereocenters. The number of aromatic nitrogens is 3. The van der Waals surface area contributed by atoms with Crippen LogP contribution in [0.4, 0.5) is 0 Å². The SMILES string of the molecule is C[C@@H](NCc1cnnn1C)c1ccc(Br)cc1. The van der Waals surface area contributed by atoms with Crippen LogP contribution >= 0.6 is 15.9 Å². The average molecular weight is 295 g/mol. The van der Waals surface area contributed by atoms with Crippen molar-refractivity contribution in [1.29, 1.82) is 0 Å². The molecule has 0 unspecified atom stereocenters.